The van der Waals surface area contributed by atoms with Crippen molar-refractivity contribution in [2.75, 3.05) is 10.8 Å². The zero-order valence-corrected chi connectivity index (χ0v) is 17.1. The average Bonchev–Trinajstić information content (AvgIpc) is 2.75. The number of hydrogen-bond acceptors (Lipinski definition) is 4. The molecule has 0 saturated carbocycles. The number of para-hydroxylation sites is 1. The molecule has 150 valence electrons. The van der Waals surface area contributed by atoms with E-state index in [1.165, 1.54) is 16.4 Å². The van der Waals surface area contributed by atoms with Crippen LogP contribution in [0.15, 0.2) is 83.9 Å². The summed E-state index contributed by atoms with van der Waals surface area (Å²) in [4.78, 5) is 17.0. The van der Waals surface area contributed by atoms with Gasteiger partial charge in [-0.1, -0.05) is 30.3 Å². The highest BCUT2D eigenvalue weighted by Crippen LogP contribution is 2.24. The lowest BCUT2D eigenvalue weighted by Crippen LogP contribution is -2.31. The first-order valence-electron chi connectivity index (χ1n) is 9.33. The minimum atomic E-state index is -3.80. The van der Waals surface area contributed by atoms with Gasteiger partial charge >= 0.3 is 0 Å². The lowest BCUT2D eigenvalue weighted by molar-refractivity contribution is 0.0939. The SMILES string of the molecule is CCN(c1ccccc1)S(=O)(=O)c1cccc(C(=O)NC(C)c2ccccn2)c1. The summed E-state index contributed by atoms with van der Waals surface area (Å²) < 4.78 is 27.7. The predicted molar refractivity (Wildman–Crippen MR) is 113 cm³/mol. The van der Waals surface area contributed by atoms with Gasteiger partial charge in [-0.2, -0.15) is 0 Å². The van der Waals surface area contributed by atoms with Gasteiger partial charge in [0.25, 0.3) is 15.9 Å². The van der Waals surface area contributed by atoms with Gasteiger partial charge in [0, 0.05) is 18.3 Å². The highest BCUT2D eigenvalue weighted by Gasteiger charge is 2.24. The quantitative estimate of drug-likeness (QED) is 0.644. The molecule has 0 bridgehead atoms. The van der Waals surface area contributed by atoms with Crippen LogP contribution in [-0.4, -0.2) is 25.9 Å². The van der Waals surface area contributed by atoms with Gasteiger partial charge in [-0.15, -0.1) is 0 Å². The summed E-state index contributed by atoms with van der Waals surface area (Å²) in [5.74, 6) is -0.358. The van der Waals surface area contributed by atoms with E-state index in [1.807, 2.05) is 25.1 Å². The Morgan fingerprint density at radius 1 is 1.03 bits per heavy atom. The van der Waals surface area contributed by atoms with Crippen molar-refractivity contribution in [1.29, 1.82) is 0 Å². The molecule has 0 aliphatic heterocycles. The summed E-state index contributed by atoms with van der Waals surface area (Å²) in [6.45, 7) is 3.88. The first-order valence-corrected chi connectivity index (χ1v) is 10.8. The smallest absolute Gasteiger partial charge is 0.264 e. The van der Waals surface area contributed by atoms with E-state index >= 15 is 0 Å². The molecular weight excluding hydrogens is 386 g/mol. The molecule has 1 unspecified atom stereocenters. The highest BCUT2D eigenvalue weighted by atomic mass is 32.2. The Morgan fingerprint density at radius 3 is 2.41 bits per heavy atom. The first-order chi connectivity index (χ1) is 13.9. The molecule has 1 atom stereocenters. The maximum atomic E-state index is 13.2. The number of nitrogens with one attached hydrogen (secondary N) is 1. The van der Waals surface area contributed by atoms with Crippen LogP contribution in [0.4, 0.5) is 5.69 Å². The van der Waals surface area contributed by atoms with E-state index in [4.69, 9.17) is 0 Å². The number of hydrogen-bond donors (Lipinski definition) is 1. The number of sulfonamides is 1. The minimum absolute atomic E-state index is 0.0707. The van der Waals surface area contributed by atoms with Crippen molar-refractivity contribution in [3.63, 3.8) is 0 Å². The standard InChI is InChI=1S/C22H23N3O3S/c1-3-25(19-11-5-4-6-12-19)29(27,28)20-13-9-10-18(16-20)22(26)24-17(2)21-14-7-8-15-23-21/h4-17H,3H2,1-2H3,(H,24,26). The van der Waals surface area contributed by atoms with Gasteiger partial charge in [0.05, 0.1) is 22.3 Å². The Morgan fingerprint density at radius 2 is 1.76 bits per heavy atom. The van der Waals surface area contributed by atoms with Crippen molar-refractivity contribution in [1.82, 2.24) is 10.3 Å². The number of rotatable bonds is 7. The van der Waals surface area contributed by atoms with E-state index in [1.54, 1.807) is 55.6 Å². The Labute approximate surface area is 171 Å². The normalized spacial score (nSPS) is 12.2. The van der Waals surface area contributed by atoms with Crippen molar-refractivity contribution >= 4 is 21.6 Å². The van der Waals surface area contributed by atoms with Crippen molar-refractivity contribution < 1.29 is 13.2 Å². The van der Waals surface area contributed by atoms with Crippen molar-refractivity contribution in [2.45, 2.75) is 24.8 Å². The van der Waals surface area contributed by atoms with E-state index in [2.05, 4.69) is 10.3 Å². The van der Waals surface area contributed by atoms with Crippen molar-refractivity contribution in [3.8, 4) is 0 Å². The van der Waals surface area contributed by atoms with Crippen molar-refractivity contribution in [3.05, 3.63) is 90.3 Å². The fourth-order valence-electron chi connectivity index (χ4n) is 3.00. The monoisotopic (exact) mass is 409 g/mol. The molecular formula is C22H23N3O3S. The minimum Gasteiger partial charge on any atom is -0.344 e. The van der Waals surface area contributed by atoms with Gasteiger partial charge < -0.3 is 5.32 Å². The largest absolute Gasteiger partial charge is 0.344 e. The number of benzene rings is 2. The summed E-state index contributed by atoms with van der Waals surface area (Å²) in [6.07, 6.45) is 1.66. The molecule has 1 amide bonds. The average molecular weight is 410 g/mol. The van der Waals surface area contributed by atoms with Gasteiger partial charge in [-0.05, 0) is 56.3 Å². The molecule has 0 fully saturated rings. The third-order valence-corrected chi connectivity index (χ3v) is 6.39. The van der Waals surface area contributed by atoms with Gasteiger partial charge in [-0.25, -0.2) is 8.42 Å². The molecule has 1 heterocycles. The van der Waals surface area contributed by atoms with E-state index in [9.17, 15) is 13.2 Å². The Bertz CT molecular complexity index is 1070. The van der Waals surface area contributed by atoms with Crippen LogP contribution in [0, 0.1) is 0 Å². The van der Waals surface area contributed by atoms with Crippen LogP contribution in [0.2, 0.25) is 0 Å². The number of nitrogens with zero attached hydrogens (tertiary/aromatic N) is 2. The zero-order valence-electron chi connectivity index (χ0n) is 16.3. The zero-order chi connectivity index (χ0) is 20.9. The molecule has 2 aromatic carbocycles. The van der Waals surface area contributed by atoms with Gasteiger partial charge in [0.15, 0.2) is 0 Å². The third kappa shape index (κ3) is 4.63. The third-order valence-electron chi connectivity index (χ3n) is 4.49. The molecule has 3 rings (SSSR count). The molecule has 0 aliphatic carbocycles. The van der Waals surface area contributed by atoms with Crippen LogP contribution in [0.25, 0.3) is 0 Å². The number of amides is 1. The van der Waals surface area contributed by atoms with E-state index in [-0.39, 0.29) is 29.0 Å². The second-order valence-electron chi connectivity index (χ2n) is 6.48. The van der Waals surface area contributed by atoms with Crippen molar-refractivity contribution in [2.24, 2.45) is 0 Å². The molecule has 29 heavy (non-hydrogen) atoms. The molecule has 0 saturated heterocycles. The van der Waals surface area contributed by atoms with Crippen LogP contribution in [0.5, 0.6) is 0 Å². The molecule has 0 radical (unpaired) electrons. The molecule has 1 aromatic heterocycles. The summed E-state index contributed by atoms with van der Waals surface area (Å²) in [5, 5.41) is 2.86. The molecule has 1 N–H and O–H groups in total. The fourth-order valence-corrected chi connectivity index (χ4v) is 4.52. The lowest BCUT2D eigenvalue weighted by Gasteiger charge is -2.23. The summed E-state index contributed by atoms with van der Waals surface area (Å²) in [6, 6.07) is 20.1. The Hall–Kier alpha value is -3.19. The topological polar surface area (TPSA) is 79.4 Å². The first kappa shape index (κ1) is 20.5. The van der Waals surface area contributed by atoms with E-state index < -0.39 is 10.0 Å². The number of aromatic nitrogens is 1. The molecule has 0 aliphatic rings. The van der Waals surface area contributed by atoms with Crippen LogP contribution in [-0.2, 0) is 10.0 Å². The van der Waals surface area contributed by atoms with Crippen LogP contribution >= 0.6 is 0 Å². The fraction of sp³-hybridized carbons (Fsp3) is 0.182. The molecule has 0 spiro atoms. The highest BCUT2D eigenvalue weighted by molar-refractivity contribution is 7.92. The number of pyridine rings is 1. The van der Waals surface area contributed by atoms with Crippen LogP contribution in [0.3, 0.4) is 0 Å². The molecule has 6 nitrogen and oxygen atoms in total. The number of carbonyl (C=O) groups excluding carboxylic acids is 1. The van der Waals surface area contributed by atoms with E-state index in [0.717, 1.165) is 5.69 Å². The van der Waals surface area contributed by atoms with Gasteiger partial charge in [-0.3, -0.25) is 14.1 Å². The van der Waals surface area contributed by atoms with Crippen LogP contribution < -0.4 is 9.62 Å². The lowest BCUT2D eigenvalue weighted by atomic mass is 10.1. The number of carbonyl (C=O) groups is 1. The van der Waals surface area contributed by atoms with Gasteiger partial charge in [0.1, 0.15) is 0 Å². The van der Waals surface area contributed by atoms with Gasteiger partial charge in [0.2, 0.25) is 0 Å². The summed E-state index contributed by atoms with van der Waals surface area (Å²) >= 11 is 0. The van der Waals surface area contributed by atoms with E-state index in [0.29, 0.717) is 5.69 Å². The summed E-state index contributed by atoms with van der Waals surface area (Å²) in [5.41, 5.74) is 1.58. The second kappa shape index (κ2) is 8.87. The Balaban J connectivity index is 1.85. The predicted octanol–water partition coefficient (Wildman–Crippen LogP) is 3.79. The summed E-state index contributed by atoms with van der Waals surface area (Å²) in [7, 11) is -3.80. The number of anilines is 1. The maximum Gasteiger partial charge on any atom is 0.264 e. The second-order valence-corrected chi connectivity index (χ2v) is 8.35. The molecule has 7 heteroatoms. The Kier molecular flexibility index (Phi) is 6.29. The molecule has 3 aromatic rings. The maximum absolute atomic E-state index is 13.2. The van der Waals surface area contributed by atoms with Crippen LogP contribution in [0.1, 0.15) is 35.9 Å².